The van der Waals surface area contributed by atoms with Gasteiger partial charge in [-0.15, -0.1) is 11.5 Å². The summed E-state index contributed by atoms with van der Waals surface area (Å²) in [6.07, 6.45) is 6.92. The molecule has 2 aromatic heterocycles. The maximum absolute atomic E-state index is 12.5. The molecule has 0 saturated carbocycles. The van der Waals surface area contributed by atoms with Crippen LogP contribution in [0.2, 0.25) is 0 Å². The van der Waals surface area contributed by atoms with E-state index >= 15 is 0 Å². The Hall–Kier alpha value is -4.51. The Labute approximate surface area is 184 Å². The van der Waals surface area contributed by atoms with E-state index in [-0.39, 0.29) is 31.4 Å². The monoisotopic (exact) mass is 427 g/mol. The SMILES string of the molecule is C#CCOc1ccccc1CNC(=O)Nc1cccc(Cn2nc3ccccn3c2=O)c1. The van der Waals surface area contributed by atoms with Gasteiger partial charge in [0.25, 0.3) is 0 Å². The minimum absolute atomic E-state index is 0.158. The lowest BCUT2D eigenvalue weighted by molar-refractivity contribution is 0.251. The summed E-state index contributed by atoms with van der Waals surface area (Å²) in [5.74, 6) is 3.06. The Morgan fingerprint density at radius 1 is 1.09 bits per heavy atom. The number of urea groups is 1. The van der Waals surface area contributed by atoms with Gasteiger partial charge >= 0.3 is 11.7 Å². The number of hydrogen-bond acceptors (Lipinski definition) is 4. The molecule has 2 N–H and O–H groups in total. The third kappa shape index (κ3) is 4.79. The van der Waals surface area contributed by atoms with Crippen LogP contribution < -0.4 is 21.1 Å². The highest BCUT2D eigenvalue weighted by Crippen LogP contribution is 2.18. The number of rotatable bonds is 7. The number of anilines is 1. The first kappa shape index (κ1) is 20.8. The van der Waals surface area contributed by atoms with Crippen LogP contribution >= 0.6 is 0 Å². The normalized spacial score (nSPS) is 10.5. The van der Waals surface area contributed by atoms with Gasteiger partial charge in [0.15, 0.2) is 5.65 Å². The minimum Gasteiger partial charge on any atom is -0.481 e. The molecule has 0 atom stereocenters. The Bertz CT molecular complexity index is 1350. The second-order valence-electron chi connectivity index (χ2n) is 6.98. The Morgan fingerprint density at radius 2 is 1.94 bits per heavy atom. The van der Waals surface area contributed by atoms with Gasteiger partial charge in [-0.25, -0.2) is 14.3 Å². The lowest BCUT2D eigenvalue weighted by Gasteiger charge is -2.12. The molecule has 0 radical (unpaired) electrons. The molecule has 0 fully saturated rings. The number of nitrogens with one attached hydrogen (secondary N) is 2. The number of para-hydroxylation sites is 1. The van der Waals surface area contributed by atoms with Crippen molar-refractivity contribution in [2.45, 2.75) is 13.1 Å². The highest BCUT2D eigenvalue weighted by atomic mass is 16.5. The molecule has 0 bridgehead atoms. The van der Waals surface area contributed by atoms with Gasteiger partial charge in [-0.05, 0) is 35.9 Å². The number of benzene rings is 2. The van der Waals surface area contributed by atoms with Gasteiger partial charge in [0.05, 0.1) is 6.54 Å². The molecule has 32 heavy (non-hydrogen) atoms. The van der Waals surface area contributed by atoms with Crippen LogP contribution in [0.15, 0.2) is 77.7 Å². The van der Waals surface area contributed by atoms with Crippen molar-refractivity contribution in [2.24, 2.45) is 0 Å². The van der Waals surface area contributed by atoms with E-state index in [4.69, 9.17) is 11.2 Å². The van der Waals surface area contributed by atoms with Crippen LogP contribution in [0.5, 0.6) is 5.75 Å². The highest BCUT2D eigenvalue weighted by molar-refractivity contribution is 5.89. The first-order valence-corrected chi connectivity index (χ1v) is 9.96. The highest BCUT2D eigenvalue weighted by Gasteiger charge is 2.09. The quantitative estimate of drug-likeness (QED) is 0.444. The standard InChI is InChI=1S/C24H21N5O3/c1-2-14-32-21-11-4-3-9-19(21)16-25-23(30)26-20-10-7-8-18(15-20)17-29-24(31)28-13-6-5-12-22(28)27-29/h1,3-13,15H,14,16-17H2,(H2,25,26,30). The van der Waals surface area contributed by atoms with Crippen LogP contribution in [0.3, 0.4) is 0 Å². The summed E-state index contributed by atoms with van der Waals surface area (Å²) >= 11 is 0. The molecule has 0 saturated heterocycles. The zero-order valence-electron chi connectivity index (χ0n) is 17.2. The number of amides is 2. The maximum Gasteiger partial charge on any atom is 0.350 e. The van der Waals surface area contributed by atoms with E-state index in [1.165, 1.54) is 9.08 Å². The number of fused-ring (bicyclic) bond motifs is 1. The van der Waals surface area contributed by atoms with Crippen molar-refractivity contribution in [1.29, 1.82) is 0 Å². The van der Waals surface area contributed by atoms with E-state index in [1.54, 1.807) is 36.5 Å². The van der Waals surface area contributed by atoms with E-state index in [1.807, 2.05) is 36.4 Å². The predicted molar refractivity (Wildman–Crippen MR) is 122 cm³/mol. The smallest absolute Gasteiger partial charge is 0.350 e. The van der Waals surface area contributed by atoms with Crippen LogP contribution in [-0.4, -0.2) is 26.8 Å². The fraction of sp³-hybridized carbons (Fsp3) is 0.125. The van der Waals surface area contributed by atoms with E-state index in [0.29, 0.717) is 17.1 Å². The molecule has 0 aliphatic heterocycles. The first-order chi connectivity index (χ1) is 15.6. The summed E-state index contributed by atoms with van der Waals surface area (Å²) in [4.78, 5) is 24.9. The number of hydrogen-bond donors (Lipinski definition) is 2. The van der Waals surface area contributed by atoms with Gasteiger partial charge in [0.1, 0.15) is 12.4 Å². The van der Waals surface area contributed by atoms with Gasteiger partial charge in [-0.1, -0.05) is 42.3 Å². The third-order valence-electron chi connectivity index (χ3n) is 4.73. The Kier molecular flexibility index (Phi) is 6.18. The topological polar surface area (TPSA) is 89.7 Å². The van der Waals surface area contributed by atoms with Gasteiger partial charge in [0, 0.05) is 24.0 Å². The summed E-state index contributed by atoms with van der Waals surface area (Å²) in [5.41, 5.74) is 2.62. The third-order valence-corrected chi connectivity index (χ3v) is 4.73. The molecule has 2 heterocycles. The molecule has 4 rings (SSSR count). The molecule has 0 unspecified atom stereocenters. The van der Waals surface area contributed by atoms with E-state index in [9.17, 15) is 9.59 Å². The fourth-order valence-electron chi connectivity index (χ4n) is 3.25. The molecular weight excluding hydrogens is 406 g/mol. The summed E-state index contributed by atoms with van der Waals surface area (Å²) in [6, 6.07) is 19.7. The number of carbonyl (C=O) groups excluding carboxylic acids is 1. The van der Waals surface area contributed by atoms with Gasteiger partial charge < -0.3 is 15.4 Å². The maximum atomic E-state index is 12.5. The van der Waals surface area contributed by atoms with Crippen molar-refractivity contribution in [3.8, 4) is 18.1 Å². The summed E-state index contributed by atoms with van der Waals surface area (Å²) in [7, 11) is 0. The average molecular weight is 427 g/mol. The van der Waals surface area contributed by atoms with Gasteiger partial charge in [-0.2, -0.15) is 0 Å². The van der Waals surface area contributed by atoms with Crippen molar-refractivity contribution in [3.63, 3.8) is 0 Å². The summed E-state index contributed by atoms with van der Waals surface area (Å²) in [5, 5.41) is 9.95. The number of ether oxygens (including phenoxy) is 1. The number of carbonyl (C=O) groups is 1. The molecule has 4 aromatic rings. The van der Waals surface area contributed by atoms with Crippen molar-refractivity contribution in [1.82, 2.24) is 19.5 Å². The molecule has 8 heteroatoms. The molecule has 0 spiro atoms. The molecule has 8 nitrogen and oxygen atoms in total. The summed E-state index contributed by atoms with van der Waals surface area (Å²) < 4.78 is 8.37. The van der Waals surface area contributed by atoms with Gasteiger partial charge in [0.2, 0.25) is 0 Å². The number of pyridine rings is 1. The number of terminal acetylenes is 1. The van der Waals surface area contributed by atoms with Crippen LogP contribution in [0.25, 0.3) is 5.65 Å². The largest absolute Gasteiger partial charge is 0.481 e. The van der Waals surface area contributed by atoms with E-state index < -0.39 is 0 Å². The molecular formula is C24H21N5O3. The molecule has 2 aromatic carbocycles. The number of nitrogens with zero attached hydrogens (tertiary/aromatic N) is 3. The molecule has 0 aliphatic rings. The zero-order valence-corrected chi connectivity index (χ0v) is 17.2. The molecule has 0 aliphatic carbocycles. The van der Waals surface area contributed by atoms with Crippen molar-refractivity contribution < 1.29 is 9.53 Å². The lowest BCUT2D eigenvalue weighted by Crippen LogP contribution is -2.28. The molecule has 160 valence electrons. The minimum atomic E-state index is -0.362. The van der Waals surface area contributed by atoms with E-state index in [2.05, 4.69) is 21.7 Å². The Balaban J connectivity index is 1.40. The van der Waals surface area contributed by atoms with Crippen LogP contribution in [0.4, 0.5) is 10.5 Å². The Morgan fingerprint density at radius 3 is 2.78 bits per heavy atom. The molecule has 2 amide bonds. The fourth-order valence-corrected chi connectivity index (χ4v) is 3.25. The van der Waals surface area contributed by atoms with Gasteiger partial charge in [-0.3, -0.25) is 4.40 Å². The summed E-state index contributed by atoms with van der Waals surface area (Å²) in [6.45, 7) is 0.728. The van der Waals surface area contributed by atoms with Crippen molar-refractivity contribution in [2.75, 3.05) is 11.9 Å². The predicted octanol–water partition coefficient (Wildman–Crippen LogP) is 2.88. The van der Waals surface area contributed by atoms with Crippen LogP contribution in [0, 0.1) is 12.3 Å². The van der Waals surface area contributed by atoms with Crippen molar-refractivity contribution >= 4 is 17.4 Å². The van der Waals surface area contributed by atoms with E-state index in [0.717, 1.165) is 11.1 Å². The zero-order chi connectivity index (χ0) is 22.3. The first-order valence-electron chi connectivity index (χ1n) is 9.96. The van der Waals surface area contributed by atoms with Crippen LogP contribution in [-0.2, 0) is 13.1 Å². The second kappa shape index (κ2) is 9.53. The van der Waals surface area contributed by atoms with Crippen LogP contribution in [0.1, 0.15) is 11.1 Å². The average Bonchev–Trinajstić information content (AvgIpc) is 3.12. The number of aromatic nitrogens is 3. The second-order valence-corrected chi connectivity index (χ2v) is 6.98. The van der Waals surface area contributed by atoms with Crippen molar-refractivity contribution in [3.05, 3.63) is 94.5 Å². The lowest BCUT2D eigenvalue weighted by atomic mass is 10.2.